The smallest absolute Gasteiger partial charge is 0.00597 e. The Labute approximate surface area is 165 Å². The Balaban J connectivity index is 2.92. The monoisotopic (exact) mass is 396 g/mol. The largest absolute Gasteiger partial charge is 0.179 e. The van der Waals surface area contributed by atoms with Crippen molar-refractivity contribution in [2.75, 3.05) is 40.3 Å². The fraction of sp³-hybridized carbons (Fsp3) is 1.00. The maximum Gasteiger partial charge on any atom is -0.00597 e. The van der Waals surface area contributed by atoms with Crippen LogP contribution >= 0.6 is 47.9 Å². The molecule has 0 rings (SSSR count). The Morgan fingerprint density at radius 3 is 1.30 bits per heavy atom. The maximum absolute atomic E-state index is 4.25. The van der Waals surface area contributed by atoms with Gasteiger partial charge in [0.2, 0.25) is 0 Å². The van der Waals surface area contributed by atoms with Crippen molar-refractivity contribution in [1.82, 2.24) is 0 Å². The van der Waals surface area contributed by atoms with Crippen LogP contribution in [0.2, 0.25) is 0 Å². The summed E-state index contributed by atoms with van der Waals surface area (Å²) in [5, 5.41) is 0. The van der Waals surface area contributed by atoms with E-state index in [1.165, 1.54) is 105 Å². The molecule has 0 aliphatic rings. The molecule has 0 heterocycles. The Bertz CT molecular complexity index is 180. The number of hydrogen-bond acceptors (Lipinski definition) is 4. The minimum atomic E-state index is 1.06. The molecule has 140 valence electrons. The van der Waals surface area contributed by atoms with Gasteiger partial charge in [-0.05, 0) is 78.8 Å². The van der Waals surface area contributed by atoms with Crippen LogP contribution in [0.3, 0.4) is 0 Å². The van der Waals surface area contributed by atoms with E-state index in [4.69, 9.17) is 0 Å². The third-order valence-corrected chi connectivity index (χ3v) is 7.52. The third-order valence-electron chi connectivity index (χ3n) is 3.74. The second-order valence-corrected chi connectivity index (χ2v) is 10.2. The highest BCUT2D eigenvalue weighted by Crippen LogP contribution is 2.14. The van der Waals surface area contributed by atoms with Gasteiger partial charge in [0, 0.05) is 0 Å². The van der Waals surface area contributed by atoms with E-state index < -0.39 is 0 Å². The van der Waals surface area contributed by atoms with Gasteiger partial charge in [-0.25, -0.2) is 0 Å². The molecule has 0 nitrogen and oxygen atoms in total. The number of unbranched alkanes of at least 4 members (excludes halogenated alkanes) is 7. The maximum atomic E-state index is 4.25. The zero-order valence-corrected chi connectivity index (χ0v) is 18.7. The highest BCUT2D eigenvalue weighted by Gasteiger charge is 1.95. The second-order valence-electron chi connectivity index (χ2n) is 6.10. The summed E-state index contributed by atoms with van der Waals surface area (Å²) in [5.41, 5.74) is 0. The quantitative estimate of drug-likeness (QED) is 0.168. The zero-order chi connectivity index (χ0) is 16.8. The van der Waals surface area contributed by atoms with Crippen LogP contribution in [0.5, 0.6) is 0 Å². The molecule has 0 aromatic carbocycles. The lowest BCUT2D eigenvalue weighted by Gasteiger charge is -2.04. The van der Waals surface area contributed by atoms with E-state index in [0.717, 1.165) is 5.75 Å². The first-order valence-corrected chi connectivity index (χ1v) is 13.9. The van der Waals surface area contributed by atoms with E-state index >= 15 is 0 Å². The minimum absolute atomic E-state index is 1.06. The van der Waals surface area contributed by atoms with Crippen molar-refractivity contribution in [2.45, 2.75) is 77.6 Å². The molecule has 0 N–H and O–H groups in total. The molecule has 0 saturated carbocycles. The van der Waals surface area contributed by atoms with E-state index in [-0.39, 0.29) is 0 Å². The van der Waals surface area contributed by atoms with Crippen LogP contribution in [0.1, 0.15) is 77.6 Å². The molecule has 0 atom stereocenters. The van der Waals surface area contributed by atoms with Gasteiger partial charge in [-0.2, -0.15) is 47.9 Å². The van der Waals surface area contributed by atoms with Gasteiger partial charge in [0.15, 0.2) is 0 Å². The molecule has 23 heavy (non-hydrogen) atoms. The summed E-state index contributed by atoms with van der Waals surface area (Å²) >= 11 is 10.7. The summed E-state index contributed by atoms with van der Waals surface area (Å²) in [6.45, 7) is 2.28. The second kappa shape index (κ2) is 23.4. The minimum Gasteiger partial charge on any atom is -0.179 e. The van der Waals surface area contributed by atoms with Gasteiger partial charge in [-0.15, -0.1) is 0 Å². The van der Waals surface area contributed by atoms with Gasteiger partial charge in [-0.3, -0.25) is 0 Å². The summed E-state index contributed by atoms with van der Waals surface area (Å²) in [7, 11) is 0. The fourth-order valence-corrected chi connectivity index (χ4v) is 5.68. The van der Waals surface area contributed by atoms with Gasteiger partial charge in [-0.1, -0.05) is 39.0 Å². The van der Waals surface area contributed by atoms with E-state index in [1.807, 2.05) is 0 Å². The summed E-state index contributed by atoms with van der Waals surface area (Å²) in [4.78, 5) is 0. The van der Waals surface area contributed by atoms with Crippen LogP contribution in [0, 0.1) is 0 Å². The van der Waals surface area contributed by atoms with Crippen LogP contribution < -0.4 is 0 Å². The van der Waals surface area contributed by atoms with E-state index in [1.54, 1.807) is 0 Å². The molecule has 0 fully saturated rings. The Kier molecular flexibility index (Phi) is 24.8. The molecule has 4 heteroatoms. The van der Waals surface area contributed by atoms with Crippen molar-refractivity contribution in [1.29, 1.82) is 0 Å². The average molecular weight is 397 g/mol. The van der Waals surface area contributed by atoms with Gasteiger partial charge in [0.05, 0.1) is 0 Å². The van der Waals surface area contributed by atoms with Crippen molar-refractivity contribution in [2.24, 2.45) is 0 Å². The van der Waals surface area contributed by atoms with Crippen molar-refractivity contribution < 1.29 is 0 Å². The van der Waals surface area contributed by atoms with Gasteiger partial charge in [0.1, 0.15) is 0 Å². The van der Waals surface area contributed by atoms with Crippen LogP contribution in [0.4, 0.5) is 0 Å². The summed E-state index contributed by atoms with van der Waals surface area (Å²) < 4.78 is 0. The molecular formula is C19H40S4. The lowest BCUT2D eigenvalue weighted by molar-refractivity contribution is 0.710. The molecule has 0 amide bonds. The van der Waals surface area contributed by atoms with E-state index in [0.29, 0.717) is 0 Å². The van der Waals surface area contributed by atoms with Crippen LogP contribution in [-0.2, 0) is 0 Å². The first-order valence-electron chi connectivity index (χ1n) is 9.76. The zero-order valence-electron chi connectivity index (χ0n) is 15.4. The highest BCUT2D eigenvalue weighted by atomic mass is 32.2. The molecule has 0 saturated heterocycles. The van der Waals surface area contributed by atoms with Crippen molar-refractivity contribution >= 4 is 47.9 Å². The van der Waals surface area contributed by atoms with Crippen LogP contribution in [-0.4, -0.2) is 40.3 Å². The highest BCUT2D eigenvalue weighted by molar-refractivity contribution is 8.00. The molecule has 0 spiro atoms. The van der Waals surface area contributed by atoms with Gasteiger partial charge < -0.3 is 0 Å². The predicted octanol–water partition coefficient (Wildman–Crippen LogP) is 7.43. The van der Waals surface area contributed by atoms with Crippen LogP contribution in [0.15, 0.2) is 0 Å². The van der Waals surface area contributed by atoms with E-state index in [2.05, 4.69) is 54.8 Å². The first-order chi connectivity index (χ1) is 11.4. The first kappa shape index (κ1) is 24.4. The third kappa shape index (κ3) is 23.4. The van der Waals surface area contributed by atoms with Gasteiger partial charge in [0.25, 0.3) is 0 Å². The van der Waals surface area contributed by atoms with Gasteiger partial charge >= 0.3 is 0 Å². The number of thiol groups is 1. The standard InChI is InChI=1S/C19H40S4/c1-2-3-14-21-15-10-6-7-11-17-23-19-12-18-22-16-9-5-4-8-13-20/h20H,2-19H2,1H3. The molecule has 0 aromatic rings. The number of thioether (sulfide) groups is 3. The molecule has 0 aliphatic carbocycles. The lowest BCUT2D eigenvalue weighted by Crippen LogP contribution is -1.90. The topological polar surface area (TPSA) is 0 Å². The average Bonchev–Trinajstić information content (AvgIpc) is 2.57. The number of hydrogen-bond donors (Lipinski definition) is 1. The molecule has 0 aliphatic heterocycles. The summed E-state index contributed by atoms with van der Waals surface area (Å²) in [6, 6.07) is 0. The SMILES string of the molecule is CCCCSCCCCCCSCCCSCCCCCCS. The van der Waals surface area contributed by atoms with Crippen molar-refractivity contribution in [3.8, 4) is 0 Å². The fourth-order valence-electron chi connectivity index (χ4n) is 2.25. The summed E-state index contributed by atoms with van der Waals surface area (Å²) in [6.07, 6.45) is 15.4. The Morgan fingerprint density at radius 1 is 0.478 bits per heavy atom. The Morgan fingerprint density at radius 2 is 0.870 bits per heavy atom. The lowest BCUT2D eigenvalue weighted by atomic mass is 10.2. The Hall–Kier alpha value is 1.40. The normalized spacial score (nSPS) is 11.2. The van der Waals surface area contributed by atoms with Crippen molar-refractivity contribution in [3.63, 3.8) is 0 Å². The molecular weight excluding hydrogens is 356 g/mol. The predicted molar refractivity (Wildman–Crippen MR) is 122 cm³/mol. The summed E-state index contributed by atoms with van der Waals surface area (Å²) in [5.74, 6) is 9.32. The van der Waals surface area contributed by atoms with Crippen molar-refractivity contribution in [3.05, 3.63) is 0 Å². The molecule has 0 aromatic heterocycles. The number of rotatable bonds is 20. The van der Waals surface area contributed by atoms with E-state index in [9.17, 15) is 0 Å². The van der Waals surface area contributed by atoms with Crippen LogP contribution in [0.25, 0.3) is 0 Å². The molecule has 0 unspecified atom stereocenters. The molecule has 0 bridgehead atoms. The molecule has 0 radical (unpaired) electrons.